The molecule has 0 saturated carbocycles. The molecule has 3 nitrogen and oxygen atoms in total. The van der Waals surface area contributed by atoms with Gasteiger partial charge in [-0.05, 0) is 12.8 Å². The van der Waals surface area contributed by atoms with Gasteiger partial charge < -0.3 is 9.64 Å². The second-order valence-corrected chi connectivity index (χ2v) is 4.21. The Kier molecular flexibility index (Phi) is 5.69. The van der Waals surface area contributed by atoms with Crippen LogP contribution in [-0.2, 0) is 9.53 Å². The van der Waals surface area contributed by atoms with Gasteiger partial charge in [0.2, 0.25) is 5.91 Å². The monoisotopic (exact) mass is 213 g/mol. The van der Waals surface area contributed by atoms with E-state index in [1.807, 2.05) is 4.90 Å². The lowest BCUT2D eigenvalue weighted by atomic mass is 9.96. The standard InChI is InChI=1S/C12H23NO2/c1-3-5-11(6-4-2)12(14)13-7-9-15-10-8-13/h11H,3-10H2,1-2H3. The van der Waals surface area contributed by atoms with Crippen molar-refractivity contribution in [2.45, 2.75) is 39.5 Å². The SMILES string of the molecule is CCCC(CCC)C(=O)N1CCOCC1. The number of rotatable bonds is 5. The molecule has 0 spiro atoms. The lowest BCUT2D eigenvalue weighted by Crippen LogP contribution is -2.43. The quantitative estimate of drug-likeness (QED) is 0.699. The smallest absolute Gasteiger partial charge is 0.225 e. The van der Waals surface area contributed by atoms with Crippen molar-refractivity contribution in [3.63, 3.8) is 0 Å². The molecule has 0 aliphatic carbocycles. The fraction of sp³-hybridized carbons (Fsp3) is 0.917. The maximum Gasteiger partial charge on any atom is 0.225 e. The van der Waals surface area contributed by atoms with Crippen LogP contribution in [0.2, 0.25) is 0 Å². The van der Waals surface area contributed by atoms with Crippen LogP contribution in [0.15, 0.2) is 0 Å². The van der Waals surface area contributed by atoms with E-state index in [4.69, 9.17) is 4.74 Å². The fourth-order valence-corrected chi connectivity index (χ4v) is 2.13. The number of carbonyl (C=O) groups excluding carboxylic acids is 1. The van der Waals surface area contributed by atoms with E-state index in [1.54, 1.807) is 0 Å². The molecule has 3 heteroatoms. The molecule has 1 aliphatic rings. The van der Waals surface area contributed by atoms with Crippen LogP contribution in [0.5, 0.6) is 0 Å². The zero-order chi connectivity index (χ0) is 11.1. The van der Waals surface area contributed by atoms with Crippen LogP contribution >= 0.6 is 0 Å². The van der Waals surface area contributed by atoms with E-state index in [0.29, 0.717) is 19.1 Å². The summed E-state index contributed by atoms with van der Waals surface area (Å²) in [6.07, 6.45) is 4.26. The molecular weight excluding hydrogens is 190 g/mol. The highest BCUT2D eigenvalue weighted by Crippen LogP contribution is 2.17. The number of ether oxygens (including phenoxy) is 1. The van der Waals surface area contributed by atoms with E-state index in [-0.39, 0.29) is 5.92 Å². The first-order valence-corrected chi connectivity index (χ1v) is 6.16. The molecule has 1 fully saturated rings. The summed E-state index contributed by atoms with van der Waals surface area (Å²) in [5.41, 5.74) is 0. The lowest BCUT2D eigenvalue weighted by molar-refractivity contribution is -0.140. The number of hydrogen-bond donors (Lipinski definition) is 0. The second kappa shape index (κ2) is 6.83. The Labute approximate surface area is 92.8 Å². The van der Waals surface area contributed by atoms with Gasteiger partial charge in [0.1, 0.15) is 0 Å². The molecular formula is C12H23NO2. The number of carbonyl (C=O) groups is 1. The molecule has 1 amide bonds. The summed E-state index contributed by atoms with van der Waals surface area (Å²) < 4.78 is 5.26. The third-order valence-electron chi connectivity index (χ3n) is 2.95. The van der Waals surface area contributed by atoms with Crippen molar-refractivity contribution in [1.82, 2.24) is 4.90 Å². The zero-order valence-corrected chi connectivity index (χ0v) is 10.00. The van der Waals surface area contributed by atoms with Crippen LogP contribution in [0, 0.1) is 5.92 Å². The van der Waals surface area contributed by atoms with E-state index in [2.05, 4.69) is 13.8 Å². The van der Waals surface area contributed by atoms with Crippen LogP contribution in [0.3, 0.4) is 0 Å². The van der Waals surface area contributed by atoms with E-state index in [9.17, 15) is 4.79 Å². The van der Waals surface area contributed by atoms with E-state index < -0.39 is 0 Å². The van der Waals surface area contributed by atoms with E-state index >= 15 is 0 Å². The Balaban J connectivity index is 2.45. The Bertz CT molecular complexity index is 182. The molecule has 1 rings (SSSR count). The fourth-order valence-electron chi connectivity index (χ4n) is 2.13. The van der Waals surface area contributed by atoms with Gasteiger partial charge in [-0.15, -0.1) is 0 Å². The average Bonchev–Trinajstić information content (AvgIpc) is 2.29. The van der Waals surface area contributed by atoms with Crippen LogP contribution in [0.4, 0.5) is 0 Å². The third-order valence-corrected chi connectivity index (χ3v) is 2.95. The summed E-state index contributed by atoms with van der Waals surface area (Å²) in [7, 11) is 0. The molecule has 0 N–H and O–H groups in total. The van der Waals surface area contributed by atoms with Gasteiger partial charge in [-0.2, -0.15) is 0 Å². The Morgan fingerprint density at radius 3 is 2.20 bits per heavy atom. The van der Waals surface area contributed by atoms with Gasteiger partial charge in [0, 0.05) is 19.0 Å². The molecule has 0 unspecified atom stereocenters. The van der Waals surface area contributed by atoms with E-state index in [0.717, 1.165) is 38.8 Å². The first-order chi connectivity index (χ1) is 7.29. The van der Waals surface area contributed by atoms with Gasteiger partial charge in [0.15, 0.2) is 0 Å². The van der Waals surface area contributed by atoms with Crippen molar-refractivity contribution < 1.29 is 9.53 Å². The summed E-state index contributed by atoms with van der Waals surface area (Å²) in [6.45, 7) is 7.27. The molecule has 0 radical (unpaired) electrons. The molecule has 15 heavy (non-hydrogen) atoms. The maximum absolute atomic E-state index is 12.1. The first kappa shape index (κ1) is 12.5. The Hall–Kier alpha value is -0.570. The second-order valence-electron chi connectivity index (χ2n) is 4.21. The molecule has 1 heterocycles. The topological polar surface area (TPSA) is 29.5 Å². The minimum Gasteiger partial charge on any atom is -0.378 e. The molecule has 0 aromatic heterocycles. The maximum atomic E-state index is 12.1. The molecule has 1 saturated heterocycles. The van der Waals surface area contributed by atoms with Crippen molar-refractivity contribution in [3.05, 3.63) is 0 Å². The van der Waals surface area contributed by atoms with Gasteiger partial charge >= 0.3 is 0 Å². The summed E-state index contributed by atoms with van der Waals surface area (Å²) in [4.78, 5) is 14.1. The number of morpholine rings is 1. The van der Waals surface area contributed by atoms with Crippen LogP contribution in [0.25, 0.3) is 0 Å². The van der Waals surface area contributed by atoms with Gasteiger partial charge in [-0.1, -0.05) is 26.7 Å². The van der Waals surface area contributed by atoms with Gasteiger partial charge in [0.05, 0.1) is 13.2 Å². The Morgan fingerprint density at radius 1 is 1.20 bits per heavy atom. The summed E-state index contributed by atoms with van der Waals surface area (Å²) in [5, 5.41) is 0. The molecule has 88 valence electrons. The van der Waals surface area contributed by atoms with Crippen molar-refractivity contribution in [3.8, 4) is 0 Å². The number of hydrogen-bond acceptors (Lipinski definition) is 2. The highest BCUT2D eigenvalue weighted by atomic mass is 16.5. The summed E-state index contributed by atoms with van der Waals surface area (Å²) in [6, 6.07) is 0. The number of amides is 1. The highest BCUT2D eigenvalue weighted by molar-refractivity contribution is 5.78. The van der Waals surface area contributed by atoms with Crippen molar-refractivity contribution in [2.24, 2.45) is 5.92 Å². The first-order valence-electron chi connectivity index (χ1n) is 6.16. The van der Waals surface area contributed by atoms with Crippen LogP contribution in [0.1, 0.15) is 39.5 Å². The zero-order valence-electron chi connectivity index (χ0n) is 10.00. The Morgan fingerprint density at radius 2 is 1.73 bits per heavy atom. The highest BCUT2D eigenvalue weighted by Gasteiger charge is 2.24. The van der Waals surface area contributed by atoms with Crippen LogP contribution < -0.4 is 0 Å². The van der Waals surface area contributed by atoms with Crippen molar-refractivity contribution in [1.29, 1.82) is 0 Å². The van der Waals surface area contributed by atoms with Crippen molar-refractivity contribution in [2.75, 3.05) is 26.3 Å². The van der Waals surface area contributed by atoms with E-state index in [1.165, 1.54) is 0 Å². The predicted octanol–water partition coefficient (Wildman–Crippen LogP) is 2.06. The summed E-state index contributed by atoms with van der Waals surface area (Å²) >= 11 is 0. The van der Waals surface area contributed by atoms with Gasteiger partial charge in [0.25, 0.3) is 0 Å². The molecule has 0 atom stereocenters. The predicted molar refractivity (Wildman–Crippen MR) is 60.7 cm³/mol. The minimum atomic E-state index is 0.248. The van der Waals surface area contributed by atoms with Gasteiger partial charge in [-0.3, -0.25) is 4.79 Å². The average molecular weight is 213 g/mol. The van der Waals surface area contributed by atoms with Crippen molar-refractivity contribution >= 4 is 5.91 Å². The van der Waals surface area contributed by atoms with Gasteiger partial charge in [-0.25, -0.2) is 0 Å². The molecule has 0 bridgehead atoms. The normalized spacial score (nSPS) is 17.1. The lowest BCUT2D eigenvalue weighted by Gasteiger charge is -2.30. The minimum absolute atomic E-state index is 0.248. The number of nitrogens with zero attached hydrogens (tertiary/aromatic N) is 1. The van der Waals surface area contributed by atoms with Crippen LogP contribution in [-0.4, -0.2) is 37.1 Å². The summed E-state index contributed by atoms with van der Waals surface area (Å²) in [5.74, 6) is 0.597. The third kappa shape index (κ3) is 3.82. The molecule has 0 aromatic carbocycles. The molecule has 1 aliphatic heterocycles. The largest absolute Gasteiger partial charge is 0.378 e. The molecule has 0 aromatic rings.